The molecular weight excluding hydrogens is 228 g/mol. The molecule has 0 aliphatic carbocycles. The number of benzene rings is 2. The van der Waals surface area contributed by atoms with Crippen molar-refractivity contribution < 1.29 is 6.11 Å². The average Bonchev–Trinajstić information content (AvgIpc) is 2.84. The van der Waals surface area contributed by atoms with Crippen LogP contribution < -0.4 is 4.74 Å². The lowest BCUT2D eigenvalue weighted by molar-refractivity contribution is 0.339. The van der Waals surface area contributed by atoms with Crippen molar-refractivity contribution >= 4 is 11.8 Å². The summed E-state index contributed by atoms with van der Waals surface area (Å²) >= 11 is 1.59. The standard InChI is InChI=1S/C15H14OS/c1-2-6-13(7-3-1)17-11-12-10-16-15-9-5-4-8-14(12)15/h1-9,12H,10-11H2/i11D. The molecule has 2 heteroatoms. The van der Waals surface area contributed by atoms with Gasteiger partial charge in [0.2, 0.25) is 0 Å². The van der Waals surface area contributed by atoms with E-state index in [9.17, 15) is 0 Å². The summed E-state index contributed by atoms with van der Waals surface area (Å²) in [6, 6.07) is 18.2. The van der Waals surface area contributed by atoms with Crippen molar-refractivity contribution in [2.75, 3.05) is 12.3 Å². The summed E-state index contributed by atoms with van der Waals surface area (Å²) in [6.07, 6.45) is 0. The quantitative estimate of drug-likeness (QED) is 0.755. The van der Waals surface area contributed by atoms with Crippen molar-refractivity contribution in [3.63, 3.8) is 0 Å². The molecule has 0 spiro atoms. The molecule has 1 nitrogen and oxygen atoms in total. The highest BCUT2D eigenvalue weighted by Gasteiger charge is 2.23. The minimum Gasteiger partial charge on any atom is -0.493 e. The summed E-state index contributed by atoms with van der Waals surface area (Å²) in [5.41, 5.74) is 0.942. The van der Waals surface area contributed by atoms with Crippen LogP contribution in [-0.2, 0) is 0 Å². The van der Waals surface area contributed by atoms with Gasteiger partial charge in [0.1, 0.15) is 5.75 Å². The molecule has 1 aliphatic heterocycles. The van der Waals surface area contributed by atoms with Crippen molar-refractivity contribution in [3.05, 3.63) is 60.2 Å². The van der Waals surface area contributed by atoms with E-state index in [1.54, 1.807) is 11.8 Å². The molecule has 2 aromatic carbocycles. The zero-order chi connectivity index (χ0) is 12.4. The Hall–Kier alpha value is -1.41. The molecule has 86 valence electrons. The number of ether oxygens (including phenoxy) is 1. The summed E-state index contributed by atoms with van der Waals surface area (Å²) in [5.74, 6) is 1.10. The second kappa shape index (κ2) is 4.84. The summed E-state index contributed by atoms with van der Waals surface area (Å²) < 4.78 is 14.0. The maximum atomic E-state index is 8.32. The molecule has 0 bridgehead atoms. The normalized spacial score (nSPS) is 20.2. The molecule has 2 unspecified atom stereocenters. The van der Waals surface area contributed by atoms with Crippen LogP contribution in [0.15, 0.2) is 59.5 Å². The van der Waals surface area contributed by atoms with Crippen LogP contribution >= 0.6 is 11.8 Å². The van der Waals surface area contributed by atoms with Crippen LogP contribution in [0.3, 0.4) is 0 Å². The Balaban J connectivity index is 1.77. The van der Waals surface area contributed by atoms with Crippen molar-refractivity contribution in [2.24, 2.45) is 0 Å². The molecule has 1 aliphatic rings. The highest BCUT2D eigenvalue weighted by molar-refractivity contribution is 7.99. The molecule has 1 heterocycles. The van der Waals surface area contributed by atoms with E-state index in [1.807, 2.05) is 48.5 Å². The topological polar surface area (TPSA) is 9.23 Å². The van der Waals surface area contributed by atoms with Crippen LogP contribution in [-0.4, -0.2) is 12.3 Å². The lowest BCUT2D eigenvalue weighted by Gasteiger charge is -2.08. The van der Waals surface area contributed by atoms with E-state index in [0.717, 1.165) is 10.6 Å². The highest BCUT2D eigenvalue weighted by atomic mass is 32.2. The first-order chi connectivity index (χ1) is 8.84. The van der Waals surface area contributed by atoms with Gasteiger partial charge in [-0.3, -0.25) is 0 Å². The Morgan fingerprint density at radius 3 is 2.76 bits per heavy atom. The molecule has 0 fully saturated rings. The second-order valence-corrected chi connectivity index (χ2v) is 5.00. The van der Waals surface area contributed by atoms with E-state index in [2.05, 4.69) is 6.07 Å². The molecule has 0 N–H and O–H groups in total. The van der Waals surface area contributed by atoms with Gasteiger partial charge < -0.3 is 4.74 Å². The third kappa shape index (κ3) is 2.32. The predicted octanol–water partition coefficient (Wildman–Crippen LogP) is 3.95. The SMILES string of the molecule is [2H]C(Sc1ccccc1)C1COc2ccccc21. The van der Waals surface area contributed by atoms with Gasteiger partial charge in [0.15, 0.2) is 0 Å². The Labute approximate surface area is 107 Å². The monoisotopic (exact) mass is 243 g/mol. The summed E-state index contributed by atoms with van der Waals surface area (Å²) in [5, 5.41) is 0. The number of para-hydroxylation sites is 1. The van der Waals surface area contributed by atoms with Gasteiger partial charge in [-0.25, -0.2) is 0 Å². The molecule has 3 rings (SSSR count). The minimum atomic E-state index is -0.226. The number of hydrogen-bond acceptors (Lipinski definition) is 2. The molecule has 0 aromatic heterocycles. The summed E-state index contributed by atoms with van der Waals surface area (Å²) in [4.78, 5) is 1.14. The smallest absolute Gasteiger partial charge is 0.122 e. The first-order valence-corrected chi connectivity index (χ1v) is 6.58. The third-order valence-corrected chi connectivity index (χ3v) is 3.86. The van der Waals surface area contributed by atoms with Crippen molar-refractivity contribution in [1.82, 2.24) is 0 Å². The first kappa shape index (κ1) is 9.60. The number of hydrogen-bond donors (Lipinski definition) is 0. The van der Waals surface area contributed by atoms with E-state index in [0.29, 0.717) is 6.61 Å². The van der Waals surface area contributed by atoms with Gasteiger partial charge in [0.25, 0.3) is 0 Å². The molecule has 17 heavy (non-hydrogen) atoms. The van der Waals surface area contributed by atoms with E-state index in [-0.39, 0.29) is 11.6 Å². The third-order valence-electron chi connectivity index (χ3n) is 2.85. The van der Waals surface area contributed by atoms with Crippen molar-refractivity contribution in [1.29, 1.82) is 0 Å². The first-order valence-electron chi connectivity index (χ1n) is 6.28. The lowest BCUT2D eigenvalue weighted by atomic mass is 10.0. The molecule has 0 amide bonds. The average molecular weight is 243 g/mol. The van der Waals surface area contributed by atoms with Gasteiger partial charge in [-0.05, 0) is 18.2 Å². The van der Waals surface area contributed by atoms with Gasteiger partial charge in [0, 0.05) is 23.5 Å². The number of rotatable bonds is 3. The van der Waals surface area contributed by atoms with Crippen LogP contribution in [0.1, 0.15) is 12.9 Å². The van der Waals surface area contributed by atoms with Crippen molar-refractivity contribution in [3.8, 4) is 5.75 Å². The van der Waals surface area contributed by atoms with Gasteiger partial charge in [-0.15, -0.1) is 11.8 Å². The molecule has 2 aromatic rings. The van der Waals surface area contributed by atoms with Crippen LogP contribution in [0.2, 0.25) is 0 Å². The van der Waals surface area contributed by atoms with E-state index in [1.165, 1.54) is 5.56 Å². The van der Waals surface area contributed by atoms with Gasteiger partial charge in [0.05, 0.1) is 6.61 Å². The largest absolute Gasteiger partial charge is 0.493 e. The minimum absolute atomic E-state index is 0.159. The fourth-order valence-corrected chi connectivity index (χ4v) is 2.82. The zero-order valence-corrected chi connectivity index (χ0v) is 10.2. The summed E-state index contributed by atoms with van der Waals surface area (Å²) in [6.45, 7) is 0.618. The van der Waals surface area contributed by atoms with Gasteiger partial charge in [-0.2, -0.15) is 0 Å². The van der Waals surface area contributed by atoms with E-state index >= 15 is 0 Å². The fraction of sp³-hybridized carbons (Fsp3) is 0.200. The molecule has 0 saturated heterocycles. The predicted molar refractivity (Wildman–Crippen MR) is 71.8 cm³/mol. The Kier molecular flexibility index (Phi) is 2.74. The fourth-order valence-electron chi connectivity index (χ4n) is 1.96. The second-order valence-electron chi connectivity index (χ2n) is 4.02. The molecule has 0 saturated carbocycles. The number of fused-ring (bicyclic) bond motifs is 1. The van der Waals surface area contributed by atoms with Gasteiger partial charge >= 0.3 is 0 Å². The Bertz CT molecular complexity index is 529. The maximum absolute atomic E-state index is 8.32. The Morgan fingerprint density at radius 2 is 1.88 bits per heavy atom. The van der Waals surface area contributed by atoms with E-state index < -0.39 is 0 Å². The van der Waals surface area contributed by atoms with E-state index in [4.69, 9.17) is 6.11 Å². The summed E-state index contributed by atoms with van der Waals surface area (Å²) in [7, 11) is 0. The van der Waals surface area contributed by atoms with Crippen LogP contribution in [0.25, 0.3) is 0 Å². The molecule has 2 atom stereocenters. The maximum Gasteiger partial charge on any atom is 0.122 e. The Morgan fingerprint density at radius 1 is 1.12 bits per heavy atom. The van der Waals surface area contributed by atoms with Crippen LogP contribution in [0, 0.1) is 0 Å². The highest BCUT2D eigenvalue weighted by Crippen LogP contribution is 2.36. The number of thioether (sulfide) groups is 1. The van der Waals surface area contributed by atoms with Crippen LogP contribution in [0.5, 0.6) is 5.75 Å². The zero-order valence-electron chi connectivity index (χ0n) is 10.4. The van der Waals surface area contributed by atoms with Gasteiger partial charge in [-0.1, -0.05) is 36.4 Å². The van der Waals surface area contributed by atoms with Crippen LogP contribution in [0.4, 0.5) is 0 Å². The van der Waals surface area contributed by atoms with Crippen molar-refractivity contribution in [2.45, 2.75) is 10.8 Å². The molecular formula is C15H14OS. The lowest BCUT2D eigenvalue weighted by Crippen LogP contribution is -2.03. The molecule has 0 radical (unpaired) electrons.